The molecular weight excluding hydrogens is 244 g/mol. The van der Waals surface area contributed by atoms with Crippen molar-refractivity contribution in [1.29, 1.82) is 0 Å². The Morgan fingerprint density at radius 3 is 2.58 bits per heavy atom. The average Bonchev–Trinajstić information content (AvgIpc) is 2.27. The molecule has 19 heavy (non-hydrogen) atoms. The first-order valence-corrected chi connectivity index (χ1v) is 6.25. The van der Waals surface area contributed by atoms with Gasteiger partial charge in [0.15, 0.2) is 0 Å². The van der Waals surface area contributed by atoms with Crippen molar-refractivity contribution in [1.82, 2.24) is 5.32 Å². The second-order valence-corrected chi connectivity index (χ2v) is 4.72. The van der Waals surface area contributed by atoms with E-state index in [-0.39, 0.29) is 17.9 Å². The van der Waals surface area contributed by atoms with Crippen LogP contribution in [0.4, 0.5) is 5.69 Å². The first-order chi connectivity index (χ1) is 8.88. The first-order valence-electron chi connectivity index (χ1n) is 6.25. The Balaban J connectivity index is 2.69. The van der Waals surface area contributed by atoms with Crippen molar-refractivity contribution in [3.63, 3.8) is 0 Å². The average molecular weight is 264 g/mol. The Morgan fingerprint density at radius 1 is 1.32 bits per heavy atom. The quantitative estimate of drug-likeness (QED) is 0.754. The van der Waals surface area contributed by atoms with Crippen LogP contribution in [0.15, 0.2) is 24.3 Å². The largest absolute Gasteiger partial charge is 0.393 e. The molecule has 0 heterocycles. The summed E-state index contributed by atoms with van der Waals surface area (Å²) in [4.78, 5) is 22.9. The Hall–Kier alpha value is -1.88. The number of hydrogen-bond donors (Lipinski definition) is 3. The van der Waals surface area contributed by atoms with Crippen LogP contribution in [-0.4, -0.2) is 29.1 Å². The molecule has 0 bridgehead atoms. The van der Waals surface area contributed by atoms with E-state index in [1.807, 2.05) is 6.92 Å². The molecule has 104 valence electrons. The lowest BCUT2D eigenvalue weighted by molar-refractivity contribution is -0.114. The molecule has 0 aromatic heterocycles. The number of hydrogen-bond acceptors (Lipinski definition) is 3. The highest BCUT2D eigenvalue weighted by Crippen LogP contribution is 2.11. The van der Waals surface area contributed by atoms with E-state index in [2.05, 4.69) is 10.6 Å². The molecule has 3 N–H and O–H groups in total. The van der Waals surface area contributed by atoms with Gasteiger partial charge in [0.05, 0.1) is 6.10 Å². The van der Waals surface area contributed by atoms with E-state index in [4.69, 9.17) is 0 Å². The van der Waals surface area contributed by atoms with Crippen molar-refractivity contribution >= 4 is 17.5 Å². The summed E-state index contributed by atoms with van der Waals surface area (Å²) in [7, 11) is 0. The van der Waals surface area contributed by atoms with Crippen LogP contribution in [0.2, 0.25) is 0 Å². The standard InChI is InChI=1S/C14H20N2O3/c1-9(7-10(2)17)15-14(19)12-5-4-6-13(8-12)16-11(3)18/h4-6,8-10,17H,7H2,1-3H3,(H,15,19)(H,16,18). The molecule has 0 spiro atoms. The number of anilines is 1. The number of nitrogens with one attached hydrogen (secondary N) is 2. The minimum absolute atomic E-state index is 0.114. The Morgan fingerprint density at radius 2 is 2.00 bits per heavy atom. The van der Waals surface area contributed by atoms with E-state index in [0.717, 1.165) is 0 Å². The van der Waals surface area contributed by atoms with Gasteiger partial charge in [-0.3, -0.25) is 9.59 Å². The summed E-state index contributed by atoms with van der Waals surface area (Å²) >= 11 is 0. The maximum Gasteiger partial charge on any atom is 0.251 e. The number of amides is 2. The van der Waals surface area contributed by atoms with E-state index in [9.17, 15) is 14.7 Å². The number of carbonyl (C=O) groups is 2. The molecule has 0 saturated heterocycles. The molecule has 0 aliphatic heterocycles. The molecule has 5 heteroatoms. The normalized spacial score (nSPS) is 13.5. The molecule has 2 atom stereocenters. The zero-order valence-corrected chi connectivity index (χ0v) is 11.4. The topological polar surface area (TPSA) is 78.4 Å². The molecule has 0 aliphatic carbocycles. The van der Waals surface area contributed by atoms with Gasteiger partial charge in [-0.05, 0) is 38.5 Å². The Bertz CT molecular complexity index is 458. The number of aliphatic hydroxyl groups is 1. The summed E-state index contributed by atoms with van der Waals surface area (Å²) < 4.78 is 0. The summed E-state index contributed by atoms with van der Waals surface area (Å²) in [6.07, 6.45) is 0.0398. The minimum Gasteiger partial charge on any atom is -0.393 e. The van der Waals surface area contributed by atoms with Crippen LogP contribution in [0, 0.1) is 0 Å². The van der Waals surface area contributed by atoms with Crippen molar-refractivity contribution < 1.29 is 14.7 Å². The molecule has 0 saturated carbocycles. The van der Waals surface area contributed by atoms with E-state index < -0.39 is 6.10 Å². The monoisotopic (exact) mass is 264 g/mol. The third-order valence-corrected chi connectivity index (χ3v) is 2.52. The third-order valence-electron chi connectivity index (χ3n) is 2.52. The maximum atomic E-state index is 12.0. The van der Waals surface area contributed by atoms with Gasteiger partial charge in [0, 0.05) is 24.2 Å². The van der Waals surface area contributed by atoms with Gasteiger partial charge in [0.1, 0.15) is 0 Å². The predicted molar refractivity (Wildman–Crippen MR) is 74.0 cm³/mol. The lowest BCUT2D eigenvalue weighted by Crippen LogP contribution is -2.34. The van der Waals surface area contributed by atoms with Gasteiger partial charge in [-0.1, -0.05) is 6.07 Å². The highest BCUT2D eigenvalue weighted by atomic mass is 16.3. The van der Waals surface area contributed by atoms with Gasteiger partial charge in [-0.2, -0.15) is 0 Å². The molecule has 0 aliphatic rings. The molecular formula is C14H20N2O3. The summed E-state index contributed by atoms with van der Waals surface area (Å²) in [5.74, 6) is -0.402. The highest BCUT2D eigenvalue weighted by molar-refractivity contribution is 5.96. The molecule has 0 fully saturated rings. The van der Waals surface area contributed by atoms with E-state index in [1.165, 1.54) is 6.92 Å². The fraction of sp³-hybridized carbons (Fsp3) is 0.429. The van der Waals surface area contributed by atoms with Crippen molar-refractivity contribution in [2.75, 3.05) is 5.32 Å². The molecule has 1 aromatic carbocycles. The summed E-state index contributed by atoms with van der Waals surface area (Å²) in [5.41, 5.74) is 1.06. The highest BCUT2D eigenvalue weighted by Gasteiger charge is 2.12. The molecule has 0 radical (unpaired) electrons. The smallest absolute Gasteiger partial charge is 0.251 e. The zero-order valence-electron chi connectivity index (χ0n) is 11.4. The molecule has 1 rings (SSSR count). The van der Waals surface area contributed by atoms with Gasteiger partial charge in [-0.15, -0.1) is 0 Å². The molecule has 1 aromatic rings. The Labute approximate surface area is 113 Å². The summed E-state index contributed by atoms with van der Waals surface area (Å²) in [5, 5.41) is 14.7. The third kappa shape index (κ3) is 5.52. The molecule has 5 nitrogen and oxygen atoms in total. The van der Waals surface area contributed by atoms with E-state index >= 15 is 0 Å². The lowest BCUT2D eigenvalue weighted by atomic mass is 10.1. The maximum absolute atomic E-state index is 12.0. The number of carbonyl (C=O) groups excluding carboxylic acids is 2. The predicted octanol–water partition coefficient (Wildman–Crippen LogP) is 1.53. The van der Waals surface area contributed by atoms with Gasteiger partial charge in [0.25, 0.3) is 5.91 Å². The lowest BCUT2D eigenvalue weighted by Gasteiger charge is -2.15. The fourth-order valence-electron chi connectivity index (χ4n) is 1.82. The van der Waals surface area contributed by atoms with Crippen LogP contribution in [0.5, 0.6) is 0 Å². The van der Waals surface area contributed by atoms with Crippen molar-refractivity contribution in [3.8, 4) is 0 Å². The van der Waals surface area contributed by atoms with Gasteiger partial charge < -0.3 is 15.7 Å². The van der Waals surface area contributed by atoms with Crippen LogP contribution in [-0.2, 0) is 4.79 Å². The van der Waals surface area contributed by atoms with Crippen molar-refractivity contribution in [2.24, 2.45) is 0 Å². The number of benzene rings is 1. The fourth-order valence-corrected chi connectivity index (χ4v) is 1.82. The molecule has 2 unspecified atom stereocenters. The summed E-state index contributed by atoms with van der Waals surface area (Å²) in [6.45, 7) is 4.93. The SMILES string of the molecule is CC(=O)Nc1cccc(C(=O)NC(C)CC(C)O)c1. The van der Waals surface area contributed by atoms with Gasteiger partial charge >= 0.3 is 0 Å². The number of aliphatic hydroxyl groups excluding tert-OH is 1. The van der Waals surface area contributed by atoms with Crippen molar-refractivity contribution in [2.45, 2.75) is 39.3 Å². The first kappa shape index (κ1) is 15.2. The van der Waals surface area contributed by atoms with E-state index in [0.29, 0.717) is 17.7 Å². The second-order valence-electron chi connectivity index (χ2n) is 4.72. The van der Waals surface area contributed by atoms with Crippen molar-refractivity contribution in [3.05, 3.63) is 29.8 Å². The van der Waals surface area contributed by atoms with Crippen LogP contribution in [0.25, 0.3) is 0 Å². The summed E-state index contributed by atoms with van der Waals surface area (Å²) in [6, 6.07) is 6.61. The van der Waals surface area contributed by atoms with Crippen LogP contribution >= 0.6 is 0 Å². The Kier molecular flexibility index (Phi) is 5.51. The molecule has 2 amide bonds. The number of rotatable bonds is 5. The van der Waals surface area contributed by atoms with E-state index in [1.54, 1.807) is 31.2 Å². The van der Waals surface area contributed by atoms with Gasteiger partial charge in [-0.25, -0.2) is 0 Å². The van der Waals surface area contributed by atoms with Crippen LogP contribution < -0.4 is 10.6 Å². The minimum atomic E-state index is -0.457. The van der Waals surface area contributed by atoms with Crippen LogP contribution in [0.3, 0.4) is 0 Å². The second kappa shape index (κ2) is 6.89. The zero-order chi connectivity index (χ0) is 14.4. The van der Waals surface area contributed by atoms with Gasteiger partial charge in [0.2, 0.25) is 5.91 Å². The van der Waals surface area contributed by atoms with Crippen LogP contribution in [0.1, 0.15) is 37.6 Å².